The molecule has 0 saturated carbocycles. The normalized spacial score (nSPS) is 17.0. The van der Waals surface area contributed by atoms with Crippen molar-refractivity contribution in [1.29, 1.82) is 0 Å². The molecule has 30 heteroatoms. The Morgan fingerprint density at radius 2 is 0.849 bits per heavy atom. The van der Waals surface area contributed by atoms with Gasteiger partial charge in [0.15, 0.2) is 0 Å². The number of halogens is 8. The van der Waals surface area contributed by atoms with Crippen molar-refractivity contribution in [3.05, 3.63) is 115 Å². The molecule has 0 aliphatic heterocycles. The van der Waals surface area contributed by atoms with Crippen molar-refractivity contribution < 1.29 is 81.2 Å². The van der Waals surface area contributed by atoms with Gasteiger partial charge in [-0.3, -0.25) is 0 Å². The van der Waals surface area contributed by atoms with Crippen LogP contribution in [-0.2, 0) is 64.2 Å². The number of benzene rings is 4. The molecular formula is C56H74Cl2F6N8O12S2. The lowest BCUT2D eigenvalue weighted by molar-refractivity contribution is -0.139. The Bertz CT molecular complexity index is 2960. The standard InChI is InChI=1S/C56H74Cl2F6N8O12S2/c1-35-27-39(9-11-49(35)83-51-43-29-37(57)31-45(55(59,60)61)41(43)33-47(51)71(3)4)85(75,76)69-17-21-81-25-23-79-19-15-67-53(73)65-13-7-8-14-66-54(74)68-16-20-80-24-26-82-22-18-70-86(77,78)40-10-12-50(36(2)28-40)84-52-44-30-38(58)32-46(56(62,63)64)42(44)34-48(52)72(5)6/h9-12,27-32,47-48,51-52,69-70H,7-8,13-26,33-34H2,1-6H3,(H2,65,67,73)(H2,66,68,74)/t47-,48?,51-,52-/m0/s1. The summed E-state index contributed by atoms with van der Waals surface area (Å²) < 4.78 is 175. The fourth-order valence-electron chi connectivity index (χ4n) is 9.70. The van der Waals surface area contributed by atoms with E-state index in [0.29, 0.717) is 59.7 Å². The van der Waals surface area contributed by atoms with Gasteiger partial charge in [-0.05, 0) is 162 Å². The minimum absolute atomic E-state index is 0.0303. The number of nitrogens with zero attached hydrogens (tertiary/aromatic N) is 2. The molecule has 0 fully saturated rings. The molecule has 86 heavy (non-hydrogen) atoms. The lowest BCUT2D eigenvalue weighted by atomic mass is 10.0. The second kappa shape index (κ2) is 31.8. The molecule has 0 bridgehead atoms. The maximum absolute atomic E-state index is 13.9. The molecule has 0 heterocycles. The number of carbonyl (C=O) groups is 2. The molecule has 0 saturated heterocycles. The first-order chi connectivity index (χ1) is 40.6. The van der Waals surface area contributed by atoms with Gasteiger partial charge in [0.25, 0.3) is 0 Å². The highest BCUT2D eigenvalue weighted by Crippen LogP contribution is 2.47. The highest BCUT2D eigenvalue weighted by atomic mass is 35.5. The fourth-order valence-corrected chi connectivity index (χ4v) is 12.3. The van der Waals surface area contributed by atoms with Crippen LogP contribution in [0.5, 0.6) is 11.5 Å². The SMILES string of the molecule is Cc1cc(S(=O)(=O)NCCOCCOCCNC(=O)NCCCCNC(=O)NCCOCCOCCNS(=O)(=O)c2ccc(O[C@H]3c4cc(Cl)cc(C(F)(F)F)c4C[C@@H]3N(C)C)c(C)c2)ccc1O[C@H]1c2cc(Cl)cc(C(F)(F)F)c2CC1N(C)C. The Labute approximate surface area is 507 Å². The number of likely N-dealkylation sites (N-methyl/N-ethyl adjacent to an activating group) is 2. The van der Waals surface area contributed by atoms with Crippen LogP contribution in [0.3, 0.4) is 0 Å². The van der Waals surface area contributed by atoms with Crippen molar-refractivity contribution in [3.8, 4) is 11.5 Å². The van der Waals surface area contributed by atoms with Gasteiger partial charge < -0.3 is 59.5 Å². The number of carbonyl (C=O) groups excluding carboxylic acids is 2. The van der Waals surface area contributed by atoms with E-state index in [1.807, 2.05) is 0 Å². The van der Waals surface area contributed by atoms with Crippen LogP contribution in [-0.4, -0.2) is 171 Å². The van der Waals surface area contributed by atoms with Crippen molar-refractivity contribution >= 4 is 55.3 Å². The largest absolute Gasteiger partial charge is 0.484 e. The van der Waals surface area contributed by atoms with Crippen molar-refractivity contribution in [2.75, 3.05) is 120 Å². The molecule has 0 spiro atoms. The molecule has 4 amide bonds. The van der Waals surface area contributed by atoms with Gasteiger partial charge in [0, 0.05) is 49.3 Å². The molecule has 4 aromatic rings. The molecule has 4 atom stereocenters. The van der Waals surface area contributed by atoms with Crippen LogP contribution in [0.2, 0.25) is 10.0 Å². The molecule has 0 radical (unpaired) electrons. The Kier molecular flexibility index (Phi) is 25.8. The topological polar surface area (TPSA) is 236 Å². The predicted octanol–water partition coefficient (Wildman–Crippen LogP) is 7.56. The third-order valence-electron chi connectivity index (χ3n) is 14.1. The molecule has 4 aromatic carbocycles. The number of nitrogens with one attached hydrogen (secondary N) is 6. The third-order valence-corrected chi connectivity index (χ3v) is 17.4. The number of unbranched alkanes of at least 4 members (excludes halogenated alkanes) is 1. The van der Waals surface area contributed by atoms with Crippen LogP contribution in [0.25, 0.3) is 0 Å². The maximum atomic E-state index is 13.9. The molecule has 1 unspecified atom stereocenters. The number of hydrogen-bond donors (Lipinski definition) is 6. The third kappa shape index (κ3) is 20.1. The van der Waals surface area contributed by atoms with E-state index < -0.39 is 67.8 Å². The van der Waals surface area contributed by atoms with Gasteiger partial charge in [-0.15, -0.1) is 0 Å². The summed E-state index contributed by atoms with van der Waals surface area (Å²) in [6, 6.07) is 11.7. The number of ether oxygens (including phenoxy) is 6. The van der Waals surface area contributed by atoms with Gasteiger partial charge in [-0.25, -0.2) is 35.9 Å². The number of aryl methyl sites for hydroxylation is 2. The Morgan fingerprint density at radius 3 is 1.17 bits per heavy atom. The molecule has 478 valence electrons. The average molecular weight is 1300 g/mol. The van der Waals surface area contributed by atoms with Crippen LogP contribution >= 0.6 is 23.2 Å². The summed E-state index contributed by atoms with van der Waals surface area (Å²) in [6.45, 7) is 5.66. The van der Waals surface area contributed by atoms with E-state index in [-0.39, 0.29) is 135 Å². The number of hydrogen-bond acceptors (Lipinski definition) is 14. The van der Waals surface area contributed by atoms with Crippen molar-refractivity contribution in [3.63, 3.8) is 0 Å². The predicted molar refractivity (Wildman–Crippen MR) is 310 cm³/mol. The molecule has 2 aliphatic carbocycles. The average Bonchev–Trinajstić information content (AvgIpc) is 1.63. The van der Waals surface area contributed by atoms with E-state index in [4.69, 9.17) is 51.6 Å². The second-order valence-corrected chi connectivity index (χ2v) is 25.2. The highest BCUT2D eigenvalue weighted by Gasteiger charge is 2.45. The van der Waals surface area contributed by atoms with Gasteiger partial charge in [0.05, 0.1) is 85.9 Å². The van der Waals surface area contributed by atoms with E-state index in [9.17, 15) is 52.8 Å². The lowest BCUT2D eigenvalue weighted by Gasteiger charge is -2.28. The number of urea groups is 2. The summed E-state index contributed by atoms with van der Waals surface area (Å²) in [5.74, 6) is 0.627. The Hall–Kier alpha value is -5.24. The molecular weight excluding hydrogens is 1230 g/mol. The van der Waals surface area contributed by atoms with E-state index in [2.05, 4.69) is 30.7 Å². The summed E-state index contributed by atoms with van der Waals surface area (Å²) >= 11 is 12.2. The molecule has 20 nitrogen and oxygen atoms in total. The van der Waals surface area contributed by atoms with E-state index in [1.54, 1.807) is 51.8 Å². The number of amides is 4. The number of fused-ring (bicyclic) bond motifs is 2. The summed E-state index contributed by atoms with van der Waals surface area (Å²) in [4.78, 5) is 27.8. The first-order valence-electron chi connectivity index (χ1n) is 27.6. The Morgan fingerprint density at radius 1 is 0.512 bits per heavy atom. The quantitative estimate of drug-likeness (QED) is 0.0200. The molecule has 6 rings (SSSR count). The smallest absolute Gasteiger partial charge is 0.416 e. The number of alkyl halides is 6. The van der Waals surface area contributed by atoms with Gasteiger partial charge in [-0.1, -0.05) is 23.2 Å². The number of sulfonamides is 2. The monoisotopic (exact) mass is 1300 g/mol. The van der Waals surface area contributed by atoms with Gasteiger partial charge in [0.2, 0.25) is 20.0 Å². The zero-order valence-corrected chi connectivity index (χ0v) is 51.6. The minimum Gasteiger partial charge on any atom is -0.484 e. The first-order valence-corrected chi connectivity index (χ1v) is 31.3. The van der Waals surface area contributed by atoms with Gasteiger partial charge >= 0.3 is 24.4 Å². The zero-order chi connectivity index (χ0) is 63.0. The second-order valence-electron chi connectivity index (χ2n) is 20.8. The van der Waals surface area contributed by atoms with Crippen LogP contribution in [0.15, 0.2) is 70.5 Å². The van der Waals surface area contributed by atoms with Gasteiger partial charge in [0.1, 0.15) is 23.7 Å². The zero-order valence-electron chi connectivity index (χ0n) is 48.4. The minimum atomic E-state index is -4.60. The van der Waals surface area contributed by atoms with Crippen molar-refractivity contribution in [1.82, 2.24) is 40.5 Å². The van der Waals surface area contributed by atoms with E-state index in [1.165, 1.54) is 48.5 Å². The van der Waals surface area contributed by atoms with E-state index >= 15 is 0 Å². The Balaban J connectivity index is 0.727. The molecule has 0 aromatic heterocycles. The highest BCUT2D eigenvalue weighted by molar-refractivity contribution is 7.89. The first kappa shape index (κ1) is 69.9. The van der Waals surface area contributed by atoms with E-state index in [0.717, 1.165) is 12.1 Å². The summed E-state index contributed by atoms with van der Waals surface area (Å²) in [5, 5.41) is 10.6. The van der Waals surface area contributed by atoms with Crippen LogP contribution in [0.1, 0.15) is 69.6 Å². The van der Waals surface area contributed by atoms with Gasteiger partial charge in [-0.2, -0.15) is 26.3 Å². The van der Waals surface area contributed by atoms with Crippen LogP contribution < -0.4 is 40.2 Å². The van der Waals surface area contributed by atoms with Crippen LogP contribution in [0, 0.1) is 13.8 Å². The maximum Gasteiger partial charge on any atom is 0.416 e. The summed E-state index contributed by atoms with van der Waals surface area (Å²) in [6.07, 6.45) is -9.41. The summed E-state index contributed by atoms with van der Waals surface area (Å²) in [5.41, 5.74) is 0.205. The van der Waals surface area contributed by atoms with Crippen LogP contribution in [0.4, 0.5) is 35.9 Å². The lowest BCUT2D eigenvalue weighted by Crippen LogP contribution is -2.39. The van der Waals surface area contributed by atoms with Crippen molar-refractivity contribution in [2.45, 2.75) is 86.0 Å². The van der Waals surface area contributed by atoms with Crippen molar-refractivity contribution in [2.24, 2.45) is 0 Å². The summed E-state index contributed by atoms with van der Waals surface area (Å²) in [7, 11) is -0.900. The number of rotatable bonds is 33. The fraction of sp³-hybridized carbons (Fsp3) is 0.536. The molecule has 6 N–H and O–H groups in total. The molecule has 2 aliphatic rings.